The molecule has 0 atom stereocenters. The van der Waals surface area contributed by atoms with E-state index in [0.717, 1.165) is 4.90 Å². The van der Waals surface area contributed by atoms with E-state index < -0.39 is 0 Å². The van der Waals surface area contributed by atoms with Crippen LogP contribution in [0.25, 0.3) is 0 Å². The summed E-state index contributed by atoms with van der Waals surface area (Å²) >= 11 is 0. The van der Waals surface area contributed by atoms with Crippen molar-refractivity contribution in [1.29, 1.82) is 0 Å². The second kappa shape index (κ2) is 5.95. The lowest BCUT2D eigenvalue weighted by Gasteiger charge is -2.22. The number of aliphatic hydroxyl groups is 1. The minimum atomic E-state index is -0.366. The fraction of sp³-hybridized carbons (Fsp3) is 0.750. The van der Waals surface area contributed by atoms with E-state index >= 15 is 0 Å². The molecule has 18 heavy (non-hydrogen) atoms. The Morgan fingerprint density at radius 1 is 1.33 bits per heavy atom. The first-order valence-electron chi connectivity index (χ1n) is 6.06. The number of hydrogen-bond acceptors (Lipinski definition) is 4. The lowest BCUT2D eigenvalue weighted by Crippen LogP contribution is -2.38. The fourth-order valence-electron chi connectivity index (χ4n) is 1.57. The molecule has 6 heteroatoms. The number of carbonyl (C=O) groups excluding carboxylic acids is 3. The van der Waals surface area contributed by atoms with Gasteiger partial charge in [0, 0.05) is 44.4 Å². The molecule has 0 radical (unpaired) electrons. The molecule has 0 saturated carbocycles. The molecule has 3 amide bonds. The molecule has 0 aromatic carbocycles. The van der Waals surface area contributed by atoms with Crippen LogP contribution in [0.1, 0.15) is 33.1 Å². The molecule has 1 aliphatic rings. The van der Waals surface area contributed by atoms with Crippen LogP contribution in [0.15, 0.2) is 0 Å². The molecule has 1 saturated heterocycles. The quantitative estimate of drug-likeness (QED) is 0.637. The van der Waals surface area contributed by atoms with Gasteiger partial charge in [-0.15, -0.1) is 0 Å². The van der Waals surface area contributed by atoms with Crippen molar-refractivity contribution in [3.05, 3.63) is 0 Å². The van der Waals surface area contributed by atoms with Gasteiger partial charge >= 0.3 is 0 Å². The average Bonchev–Trinajstić information content (AvgIpc) is 2.64. The second-order valence-electron chi connectivity index (χ2n) is 5.29. The molecular formula is C12H20N2O4. The van der Waals surface area contributed by atoms with Crippen LogP contribution in [0.5, 0.6) is 0 Å². The first-order chi connectivity index (χ1) is 8.35. The number of carbonyl (C=O) groups is 3. The second-order valence-corrected chi connectivity index (χ2v) is 5.29. The zero-order valence-corrected chi connectivity index (χ0v) is 10.9. The summed E-state index contributed by atoms with van der Waals surface area (Å²) in [6.07, 6.45) is 0.606. The SMILES string of the molecule is CC(C)(CO)CNC(=O)CCN1C(=O)CCC1=O. The third kappa shape index (κ3) is 4.10. The van der Waals surface area contributed by atoms with Crippen molar-refractivity contribution in [2.75, 3.05) is 19.7 Å². The molecule has 0 spiro atoms. The first kappa shape index (κ1) is 14.6. The molecule has 1 aliphatic heterocycles. The normalized spacial score (nSPS) is 16.3. The smallest absolute Gasteiger partial charge is 0.229 e. The summed E-state index contributed by atoms with van der Waals surface area (Å²) in [7, 11) is 0. The van der Waals surface area contributed by atoms with Crippen molar-refractivity contribution in [2.24, 2.45) is 5.41 Å². The summed E-state index contributed by atoms with van der Waals surface area (Å²) in [5.74, 6) is -0.629. The van der Waals surface area contributed by atoms with Gasteiger partial charge in [0.1, 0.15) is 0 Å². The van der Waals surface area contributed by atoms with Crippen LogP contribution in [-0.2, 0) is 14.4 Å². The molecule has 0 aliphatic carbocycles. The van der Waals surface area contributed by atoms with E-state index in [1.54, 1.807) is 0 Å². The maximum atomic E-state index is 11.5. The lowest BCUT2D eigenvalue weighted by atomic mass is 9.95. The molecule has 1 fully saturated rings. The van der Waals surface area contributed by atoms with Gasteiger partial charge in [0.25, 0.3) is 0 Å². The number of aliphatic hydroxyl groups excluding tert-OH is 1. The zero-order chi connectivity index (χ0) is 13.8. The number of rotatable bonds is 6. The van der Waals surface area contributed by atoms with Crippen LogP contribution < -0.4 is 5.32 Å². The van der Waals surface area contributed by atoms with E-state index in [-0.39, 0.29) is 55.6 Å². The Morgan fingerprint density at radius 3 is 2.39 bits per heavy atom. The maximum absolute atomic E-state index is 11.5. The van der Waals surface area contributed by atoms with Gasteiger partial charge < -0.3 is 10.4 Å². The van der Waals surface area contributed by atoms with E-state index in [0.29, 0.717) is 6.54 Å². The first-order valence-corrected chi connectivity index (χ1v) is 6.06. The van der Waals surface area contributed by atoms with Crippen LogP contribution in [0.2, 0.25) is 0 Å². The van der Waals surface area contributed by atoms with Crippen LogP contribution in [0.3, 0.4) is 0 Å². The van der Waals surface area contributed by atoms with Gasteiger partial charge in [-0.05, 0) is 0 Å². The molecule has 0 aromatic heterocycles. The van der Waals surface area contributed by atoms with Crippen LogP contribution >= 0.6 is 0 Å². The van der Waals surface area contributed by atoms with E-state index in [4.69, 9.17) is 5.11 Å². The number of hydrogen-bond donors (Lipinski definition) is 2. The summed E-state index contributed by atoms with van der Waals surface area (Å²) < 4.78 is 0. The van der Waals surface area contributed by atoms with Gasteiger partial charge in [-0.25, -0.2) is 0 Å². The monoisotopic (exact) mass is 256 g/mol. The molecule has 2 N–H and O–H groups in total. The van der Waals surface area contributed by atoms with Crippen molar-refractivity contribution in [2.45, 2.75) is 33.1 Å². The van der Waals surface area contributed by atoms with Gasteiger partial charge in [-0.3, -0.25) is 19.3 Å². The Labute approximate surface area is 106 Å². The van der Waals surface area contributed by atoms with Crippen molar-refractivity contribution in [1.82, 2.24) is 10.2 Å². The maximum Gasteiger partial charge on any atom is 0.229 e. The molecule has 6 nitrogen and oxygen atoms in total. The average molecular weight is 256 g/mol. The van der Waals surface area contributed by atoms with Crippen LogP contribution in [-0.4, -0.2) is 47.4 Å². The molecule has 1 rings (SSSR count). The standard InChI is InChI=1S/C12H20N2O4/c1-12(2,8-15)7-13-9(16)5-6-14-10(17)3-4-11(14)18/h15H,3-8H2,1-2H3,(H,13,16). The number of imide groups is 1. The highest BCUT2D eigenvalue weighted by molar-refractivity contribution is 6.02. The summed E-state index contributed by atoms with van der Waals surface area (Å²) in [6.45, 7) is 4.16. The topological polar surface area (TPSA) is 86.7 Å². The van der Waals surface area contributed by atoms with E-state index in [1.165, 1.54) is 0 Å². The third-order valence-electron chi connectivity index (χ3n) is 2.91. The molecule has 1 heterocycles. The number of nitrogens with zero attached hydrogens (tertiary/aromatic N) is 1. The largest absolute Gasteiger partial charge is 0.396 e. The minimum Gasteiger partial charge on any atom is -0.396 e. The highest BCUT2D eigenvalue weighted by Gasteiger charge is 2.28. The number of nitrogens with one attached hydrogen (secondary N) is 1. The van der Waals surface area contributed by atoms with E-state index in [1.807, 2.05) is 13.8 Å². The summed E-state index contributed by atoms with van der Waals surface area (Å²) in [5.41, 5.74) is -0.366. The summed E-state index contributed by atoms with van der Waals surface area (Å²) in [4.78, 5) is 35.3. The highest BCUT2D eigenvalue weighted by Crippen LogP contribution is 2.13. The van der Waals surface area contributed by atoms with Crippen molar-refractivity contribution in [3.63, 3.8) is 0 Å². The Kier molecular flexibility index (Phi) is 4.84. The van der Waals surface area contributed by atoms with E-state index in [9.17, 15) is 14.4 Å². The van der Waals surface area contributed by atoms with Gasteiger partial charge in [-0.2, -0.15) is 0 Å². The Hall–Kier alpha value is -1.43. The molecule has 0 aromatic rings. The van der Waals surface area contributed by atoms with Gasteiger partial charge in [0.15, 0.2) is 0 Å². The zero-order valence-electron chi connectivity index (χ0n) is 10.9. The lowest BCUT2D eigenvalue weighted by molar-refractivity contribution is -0.138. The Morgan fingerprint density at radius 2 is 1.89 bits per heavy atom. The van der Waals surface area contributed by atoms with Crippen molar-refractivity contribution in [3.8, 4) is 0 Å². The number of likely N-dealkylation sites (tertiary alicyclic amines) is 1. The van der Waals surface area contributed by atoms with E-state index in [2.05, 4.69) is 5.32 Å². The van der Waals surface area contributed by atoms with Crippen LogP contribution in [0.4, 0.5) is 0 Å². The predicted molar refractivity (Wildman–Crippen MR) is 64.4 cm³/mol. The minimum absolute atomic E-state index is 0.0175. The van der Waals surface area contributed by atoms with Gasteiger partial charge in [0.2, 0.25) is 17.7 Å². The highest BCUT2D eigenvalue weighted by atomic mass is 16.3. The summed E-state index contributed by atoms with van der Waals surface area (Å²) in [6, 6.07) is 0. The Bertz CT molecular complexity index is 336. The number of amides is 3. The van der Waals surface area contributed by atoms with Gasteiger partial charge in [-0.1, -0.05) is 13.8 Å². The molecule has 0 bridgehead atoms. The molecular weight excluding hydrogens is 236 g/mol. The van der Waals surface area contributed by atoms with Crippen LogP contribution in [0, 0.1) is 5.41 Å². The Balaban J connectivity index is 2.29. The molecule has 102 valence electrons. The third-order valence-corrected chi connectivity index (χ3v) is 2.91. The van der Waals surface area contributed by atoms with Gasteiger partial charge in [0.05, 0.1) is 0 Å². The fourth-order valence-corrected chi connectivity index (χ4v) is 1.57. The molecule has 0 unspecified atom stereocenters. The predicted octanol–water partition coefficient (Wildman–Crippen LogP) is -0.340. The van der Waals surface area contributed by atoms with Crippen molar-refractivity contribution >= 4 is 17.7 Å². The summed E-state index contributed by atoms with van der Waals surface area (Å²) in [5, 5.41) is 11.7. The van der Waals surface area contributed by atoms with Crippen molar-refractivity contribution < 1.29 is 19.5 Å².